The van der Waals surface area contributed by atoms with Crippen molar-refractivity contribution in [2.75, 3.05) is 6.54 Å². The van der Waals surface area contributed by atoms with E-state index >= 15 is 0 Å². The zero-order valence-corrected chi connectivity index (χ0v) is 19.1. The van der Waals surface area contributed by atoms with Crippen molar-refractivity contribution in [1.82, 2.24) is 19.8 Å². The fourth-order valence-corrected chi connectivity index (χ4v) is 5.65. The minimum absolute atomic E-state index is 0.0257. The van der Waals surface area contributed by atoms with Crippen molar-refractivity contribution in [1.29, 1.82) is 0 Å². The molecule has 1 aliphatic carbocycles. The molecule has 168 valence electrons. The third kappa shape index (κ3) is 4.44. The first kappa shape index (κ1) is 21.2. The lowest BCUT2D eigenvalue weighted by Gasteiger charge is -2.35. The SMILES string of the molecule is Cc1cc2ccccc2n1CC(=O)NCc1ccc([C@@H]2CCCN2C2CCCCC2)nc1. The van der Waals surface area contributed by atoms with E-state index in [1.165, 1.54) is 62.6 Å². The normalized spacial score (nSPS) is 20.1. The predicted molar refractivity (Wildman–Crippen MR) is 128 cm³/mol. The Hall–Kier alpha value is -2.66. The number of amides is 1. The van der Waals surface area contributed by atoms with Crippen LogP contribution in [0.5, 0.6) is 0 Å². The monoisotopic (exact) mass is 430 g/mol. The fraction of sp³-hybridized carbons (Fsp3) is 0.481. The number of carbonyl (C=O) groups excluding carboxylic acids is 1. The standard InChI is InChI=1S/C27H34N4O/c1-20-16-22-8-5-6-11-25(22)31(20)19-27(32)29-18-21-13-14-24(28-17-21)26-12-7-15-30(26)23-9-3-2-4-10-23/h5-6,8,11,13-14,16-17,23,26H,2-4,7,9-10,12,15,18-19H2,1H3,(H,29,32)/t26-/m0/s1. The van der Waals surface area contributed by atoms with Gasteiger partial charge in [-0.25, -0.2) is 0 Å². The van der Waals surface area contributed by atoms with E-state index in [1.807, 2.05) is 18.3 Å². The Morgan fingerprint density at radius 2 is 1.91 bits per heavy atom. The smallest absolute Gasteiger partial charge is 0.240 e. The van der Waals surface area contributed by atoms with Crippen molar-refractivity contribution in [3.8, 4) is 0 Å². The van der Waals surface area contributed by atoms with E-state index in [4.69, 9.17) is 4.98 Å². The van der Waals surface area contributed by atoms with E-state index in [-0.39, 0.29) is 5.91 Å². The average molecular weight is 431 g/mol. The van der Waals surface area contributed by atoms with Gasteiger partial charge in [0.2, 0.25) is 5.91 Å². The highest BCUT2D eigenvalue weighted by atomic mass is 16.1. The largest absolute Gasteiger partial charge is 0.350 e. The number of fused-ring (bicyclic) bond motifs is 1. The van der Waals surface area contributed by atoms with Crippen LogP contribution in [-0.2, 0) is 17.9 Å². The lowest BCUT2D eigenvalue weighted by atomic mass is 9.93. The molecule has 1 atom stereocenters. The fourth-order valence-electron chi connectivity index (χ4n) is 5.65. The van der Waals surface area contributed by atoms with Gasteiger partial charge in [0.1, 0.15) is 6.54 Å². The Balaban J connectivity index is 1.18. The van der Waals surface area contributed by atoms with E-state index in [2.05, 4.69) is 52.0 Å². The van der Waals surface area contributed by atoms with E-state index < -0.39 is 0 Å². The lowest BCUT2D eigenvalue weighted by molar-refractivity contribution is -0.121. The molecule has 2 aliphatic rings. The number of para-hydroxylation sites is 1. The van der Waals surface area contributed by atoms with Crippen LogP contribution in [0.15, 0.2) is 48.7 Å². The van der Waals surface area contributed by atoms with Crippen molar-refractivity contribution in [3.63, 3.8) is 0 Å². The number of pyridine rings is 1. The number of hydrogen-bond acceptors (Lipinski definition) is 3. The molecule has 1 N–H and O–H groups in total. The molecular formula is C27H34N4O. The molecule has 0 bridgehead atoms. The molecule has 1 aliphatic heterocycles. The molecule has 1 aromatic carbocycles. The molecule has 3 aromatic rings. The van der Waals surface area contributed by atoms with Gasteiger partial charge >= 0.3 is 0 Å². The van der Waals surface area contributed by atoms with Crippen LogP contribution >= 0.6 is 0 Å². The van der Waals surface area contributed by atoms with Crippen molar-refractivity contribution >= 4 is 16.8 Å². The van der Waals surface area contributed by atoms with Gasteiger partial charge in [-0.05, 0) is 68.3 Å². The third-order valence-corrected chi connectivity index (χ3v) is 7.34. The number of aromatic nitrogens is 2. The number of nitrogens with one attached hydrogen (secondary N) is 1. The number of likely N-dealkylation sites (tertiary alicyclic amines) is 1. The average Bonchev–Trinajstić information content (AvgIpc) is 3.44. The Labute approximate surface area is 190 Å². The minimum Gasteiger partial charge on any atom is -0.350 e. The lowest BCUT2D eigenvalue weighted by Crippen LogP contribution is -2.36. The molecule has 0 radical (unpaired) electrons. The maximum absolute atomic E-state index is 12.6. The highest BCUT2D eigenvalue weighted by molar-refractivity contribution is 5.84. The number of carbonyl (C=O) groups is 1. The summed E-state index contributed by atoms with van der Waals surface area (Å²) in [6, 6.07) is 15.9. The number of aryl methyl sites for hydroxylation is 1. The van der Waals surface area contributed by atoms with Crippen LogP contribution in [0.3, 0.4) is 0 Å². The van der Waals surface area contributed by atoms with Gasteiger partial charge in [0.15, 0.2) is 0 Å². The van der Waals surface area contributed by atoms with Crippen molar-refractivity contribution in [2.45, 2.75) is 77.0 Å². The molecule has 2 aromatic heterocycles. The molecule has 3 heterocycles. The Kier molecular flexibility index (Phi) is 6.26. The molecule has 0 unspecified atom stereocenters. The van der Waals surface area contributed by atoms with E-state index in [0.29, 0.717) is 19.1 Å². The van der Waals surface area contributed by atoms with Crippen LogP contribution in [0.2, 0.25) is 0 Å². The first-order valence-corrected chi connectivity index (χ1v) is 12.2. The maximum Gasteiger partial charge on any atom is 0.240 e. The van der Waals surface area contributed by atoms with Crippen molar-refractivity contribution in [3.05, 3.63) is 65.6 Å². The molecule has 32 heavy (non-hydrogen) atoms. The van der Waals surface area contributed by atoms with Crippen LogP contribution in [-0.4, -0.2) is 32.9 Å². The number of hydrogen-bond donors (Lipinski definition) is 1. The summed E-state index contributed by atoms with van der Waals surface area (Å²) in [5.74, 6) is 0.0257. The quantitative estimate of drug-likeness (QED) is 0.590. The van der Waals surface area contributed by atoms with Gasteiger partial charge < -0.3 is 9.88 Å². The summed E-state index contributed by atoms with van der Waals surface area (Å²) in [5.41, 5.74) is 4.45. The second-order valence-corrected chi connectivity index (χ2v) is 9.49. The zero-order valence-electron chi connectivity index (χ0n) is 19.1. The molecule has 1 amide bonds. The van der Waals surface area contributed by atoms with Crippen molar-refractivity contribution in [2.24, 2.45) is 0 Å². The highest BCUT2D eigenvalue weighted by Gasteiger charge is 2.32. The van der Waals surface area contributed by atoms with E-state index in [0.717, 1.165) is 22.8 Å². The van der Waals surface area contributed by atoms with Gasteiger partial charge in [-0.2, -0.15) is 0 Å². The van der Waals surface area contributed by atoms with Gasteiger partial charge in [0.25, 0.3) is 0 Å². The Bertz CT molecular complexity index is 1060. The first-order chi connectivity index (χ1) is 15.7. The molecule has 5 nitrogen and oxygen atoms in total. The van der Waals surface area contributed by atoms with Gasteiger partial charge in [0, 0.05) is 30.0 Å². The van der Waals surface area contributed by atoms with Gasteiger partial charge in [-0.1, -0.05) is 43.5 Å². The van der Waals surface area contributed by atoms with Crippen LogP contribution in [0.4, 0.5) is 0 Å². The topological polar surface area (TPSA) is 50.2 Å². The maximum atomic E-state index is 12.6. The molecule has 5 heteroatoms. The Morgan fingerprint density at radius 1 is 1.06 bits per heavy atom. The molecule has 0 spiro atoms. The summed E-state index contributed by atoms with van der Waals surface area (Å²) in [6.07, 6.45) is 11.3. The number of rotatable bonds is 6. The molecular weight excluding hydrogens is 396 g/mol. The number of nitrogens with zero attached hydrogens (tertiary/aromatic N) is 3. The minimum atomic E-state index is 0.0257. The summed E-state index contributed by atoms with van der Waals surface area (Å²) in [5, 5.41) is 4.24. The summed E-state index contributed by atoms with van der Waals surface area (Å²) in [6.45, 7) is 4.11. The summed E-state index contributed by atoms with van der Waals surface area (Å²) in [4.78, 5) is 20.1. The van der Waals surface area contributed by atoms with Crippen LogP contribution in [0.25, 0.3) is 10.9 Å². The van der Waals surface area contributed by atoms with Crippen LogP contribution in [0.1, 0.15) is 67.9 Å². The highest BCUT2D eigenvalue weighted by Crippen LogP contribution is 2.36. The van der Waals surface area contributed by atoms with Gasteiger partial charge in [-0.3, -0.25) is 14.7 Å². The summed E-state index contributed by atoms with van der Waals surface area (Å²) >= 11 is 0. The first-order valence-electron chi connectivity index (χ1n) is 12.2. The molecule has 5 rings (SSSR count). The molecule has 1 saturated carbocycles. The van der Waals surface area contributed by atoms with E-state index in [9.17, 15) is 4.79 Å². The van der Waals surface area contributed by atoms with Gasteiger partial charge in [-0.15, -0.1) is 0 Å². The van der Waals surface area contributed by atoms with Gasteiger partial charge in [0.05, 0.1) is 11.7 Å². The summed E-state index contributed by atoms with van der Waals surface area (Å²) in [7, 11) is 0. The van der Waals surface area contributed by atoms with Crippen molar-refractivity contribution < 1.29 is 4.79 Å². The second kappa shape index (κ2) is 9.45. The second-order valence-electron chi connectivity index (χ2n) is 9.49. The summed E-state index contributed by atoms with van der Waals surface area (Å²) < 4.78 is 2.08. The van der Waals surface area contributed by atoms with Crippen LogP contribution < -0.4 is 5.32 Å². The van der Waals surface area contributed by atoms with E-state index in [1.54, 1.807) is 0 Å². The Morgan fingerprint density at radius 3 is 2.72 bits per heavy atom. The third-order valence-electron chi connectivity index (χ3n) is 7.34. The molecule has 1 saturated heterocycles. The predicted octanol–water partition coefficient (Wildman–Crippen LogP) is 5.13. The number of benzene rings is 1. The van der Waals surface area contributed by atoms with Crippen LogP contribution in [0, 0.1) is 6.92 Å². The zero-order chi connectivity index (χ0) is 21.9. The molecule has 2 fully saturated rings.